The van der Waals surface area contributed by atoms with Crippen molar-refractivity contribution in [2.75, 3.05) is 35.3 Å². The van der Waals surface area contributed by atoms with E-state index in [0.29, 0.717) is 19.3 Å². The smallest absolute Gasteiger partial charge is 0.309 e. The Bertz CT molecular complexity index is 1480. The maximum atomic E-state index is 13.4. The Kier molecular flexibility index (Phi) is 20.0. The summed E-state index contributed by atoms with van der Waals surface area (Å²) in [6.45, 7) is 12.0. The van der Waals surface area contributed by atoms with Crippen molar-refractivity contribution in [3.05, 3.63) is 24.3 Å². The van der Waals surface area contributed by atoms with E-state index in [4.69, 9.17) is 42.6 Å². The van der Waals surface area contributed by atoms with Crippen LogP contribution in [0.3, 0.4) is 0 Å². The Morgan fingerprint density at radius 1 is 0.903 bits per heavy atom. The van der Waals surface area contributed by atoms with E-state index in [9.17, 15) is 29.7 Å². The highest BCUT2D eigenvalue weighted by Crippen LogP contribution is 2.38. The maximum Gasteiger partial charge on any atom is 0.309 e. The average Bonchev–Trinajstić information content (AvgIpc) is 3.16. The number of carbonyl (C=O) groups is 3. The molecule has 0 aromatic carbocycles. The Labute approximate surface area is 368 Å². The normalized spacial score (nSPS) is 44.0. The standard InChI is InChI=1S/C45H76N2O15/c1-25-22-31(20-21-48)41(62-44-39(51)38(47(10)11)40(28(4)58-44)61-37-24-45(7,53)43(52)29(5)57-37)42(54-12)34(59-30(6)49)23-35(50)55-26(2)16-14-13-15-17-33(25)60-36-19-18-32(46(8)9)27(3)56-36/h13-15,17,21,25-29,31-34,36-44,51-53H,16,18-20,22-24H2,1-12H3/b14-13+,17-15+/t25-,26-,27-,28-,29-,31+,32+,33+,34-,36-,37-,38-,39-,40?,41+,42+,43-,44?,45+/m1/s1. The molecule has 3 saturated heterocycles. The highest BCUT2D eigenvalue weighted by molar-refractivity contribution is 5.72. The second kappa shape index (κ2) is 23.7. The molecular formula is C45H76N2O15. The lowest BCUT2D eigenvalue weighted by Gasteiger charge is -2.50. The number of aliphatic hydroxyl groups excluding tert-OH is 2. The van der Waals surface area contributed by atoms with Crippen molar-refractivity contribution >= 4 is 18.2 Å². The summed E-state index contributed by atoms with van der Waals surface area (Å²) in [5.41, 5.74) is -1.49. The van der Waals surface area contributed by atoms with E-state index in [1.165, 1.54) is 21.0 Å². The third kappa shape index (κ3) is 14.1. The minimum Gasteiger partial charge on any atom is -0.462 e. The van der Waals surface area contributed by atoms with Crippen molar-refractivity contribution in [2.24, 2.45) is 11.8 Å². The molecule has 0 radical (unpaired) electrons. The van der Waals surface area contributed by atoms with Crippen LogP contribution in [0.2, 0.25) is 0 Å². The van der Waals surface area contributed by atoms with Crippen molar-refractivity contribution in [1.82, 2.24) is 9.80 Å². The molecule has 0 spiro atoms. The van der Waals surface area contributed by atoms with E-state index in [2.05, 4.69) is 4.90 Å². The van der Waals surface area contributed by atoms with Crippen LogP contribution in [0.4, 0.5) is 0 Å². The van der Waals surface area contributed by atoms with Crippen LogP contribution in [0.15, 0.2) is 24.3 Å². The summed E-state index contributed by atoms with van der Waals surface area (Å²) in [6.07, 6.45) is -1.81. The summed E-state index contributed by atoms with van der Waals surface area (Å²) in [5, 5.41) is 33.6. The summed E-state index contributed by atoms with van der Waals surface area (Å²) >= 11 is 0. The van der Waals surface area contributed by atoms with Gasteiger partial charge in [0.25, 0.3) is 0 Å². The predicted octanol–water partition coefficient (Wildman–Crippen LogP) is 2.90. The Hall–Kier alpha value is -2.39. The van der Waals surface area contributed by atoms with E-state index < -0.39 is 109 Å². The van der Waals surface area contributed by atoms with Crippen LogP contribution >= 0.6 is 0 Å². The minimum absolute atomic E-state index is 0.0293. The molecule has 19 atom stereocenters. The zero-order chi connectivity index (χ0) is 46.1. The number of allylic oxidation sites excluding steroid dienone is 2. The molecule has 0 amide bonds. The number of methoxy groups -OCH3 is 1. The van der Waals surface area contributed by atoms with Gasteiger partial charge in [-0.2, -0.15) is 0 Å². The van der Waals surface area contributed by atoms with Gasteiger partial charge in [-0.05, 0) is 93.9 Å². The molecule has 356 valence electrons. The monoisotopic (exact) mass is 885 g/mol. The lowest BCUT2D eigenvalue weighted by atomic mass is 9.82. The first-order valence-electron chi connectivity index (χ1n) is 22.2. The number of cyclic esters (lactones) is 1. The number of hydrogen-bond acceptors (Lipinski definition) is 17. The summed E-state index contributed by atoms with van der Waals surface area (Å²) < 4.78 is 56.3. The molecule has 4 rings (SSSR count). The Balaban J connectivity index is 1.73. The number of aliphatic hydroxyl groups is 3. The quantitative estimate of drug-likeness (QED) is 0.191. The molecule has 0 aliphatic carbocycles. The summed E-state index contributed by atoms with van der Waals surface area (Å²) in [7, 11) is 9.02. The number of carbonyl (C=O) groups excluding carboxylic acids is 3. The van der Waals surface area contributed by atoms with Gasteiger partial charge in [-0.25, -0.2) is 0 Å². The summed E-state index contributed by atoms with van der Waals surface area (Å²) in [6, 6.07) is -0.509. The first-order chi connectivity index (χ1) is 29.2. The maximum absolute atomic E-state index is 13.4. The summed E-state index contributed by atoms with van der Waals surface area (Å²) in [4.78, 5) is 42.7. The van der Waals surface area contributed by atoms with Crippen molar-refractivity contribution in [3.63, 3.8) is 0 Å². The van der Waals surface area contributed by atoms with Gasteiger partial charge in [0.1, 0.15) is 42.9 Å². The van der Waals surface area contributed by atoms with Gasteiger partial charge in [-0.3, -0.25) is 9.59 Å². The first-order valence-corrected chi connectivity index (χ1v) is 22.2. The van der Waals surface area contributed by atoms with Gasteiger partial charge in [0.2, 0.25) is 0 Å². The molecule has 17 nitrogen and oxygen atoms in total. The Morgan fingerprint density at radius 3 is 2.19 bits per heavy atom. The predicted molar refractivity (Wildman–Crippen MR) is 226 cm³/mol. The van der Waals surface area contributed by atoms with Crippen LogP contribution in [-0.2, 0) is 57.0 Å². The van der Waals surface area contributed by atoms with Gasteiger partial charge in [0.05, 0.1) is 48.6 Å². The molecule has 3 fully saturated rings. The van der Waals surface area contributed by atoms with Crippen LogP contribution in [0.25, 0.3) is 0 Å². The van der Waals surface area contributed by atoms with Crippen LogP contribution < -0.4 is 0 Å². The molecule has 0 aromatic rings. The van der Waals surface area contributed by atoms with Crippen molar-refractivity contribution in [2.45, 2.75) is 197 Å². The molecule has 62 heavy (non-hydrogen) atoms. The average molecular weight is 885 g/mol. The third-order valence-corrected chi connectivity index (χ3v) is 12.7. The SMILES string of the molecule is CO[C@@H]1[C@@H](OC2O[C@H](C)C(O[C@@H]3C[C@](C)(O)[C@H](O)[C@@H](C)O3)[C@H](N(C)C)[C@H]2O)[C@@H](CC=O)C[C@@H](C)[C@@H](O[C@@H]2CC[C@H](N(C)C)[C@@H](C)O2)/C=C/C=C/C[C@@H](C)OC(=O)C[C@H]1OC(C)=O. The lowest BCUT2D eigenvalue weighted by molar-refractivity contribution is -0.344. The van der Waals surface area contributed by atoms with Gasteiger partial charge in [-0.15, -0.1) is 0 Å². The van der Waals surface area contributed by atoms with E-state index in [-0.39, 0.29) is 37.3 Å². The third-order valence-electron chi connectivity index (χ3n) is 12.7. The van der Waals surface area contributed by atoms with Crippen LogP contribution in [-0.4, -0.2) is 182 Å². The minimum atomic E-state index is -1.49. The first kappa shape index (κ1) is 52.2. The van der Waals surface area contributed by atoms with Crippen LogP contribution in [0.5, 0.6) is 0 Å². The molecule has 3 N–H and O–H groups in total. The molecule has 0 bridgehead atoms. The van der Waals surface area contributed by atoms with E-state index in [1.54, 1.807) is 39.8 Å². The van der Waals surface area contributed by atoms with Crippen molar-refractivity contribution in [1.29, 1.82) is 0 Å². The fourth-order valence-corrected chi connectivity index (χ4v) is 9.40. The molecule has 4 aliphatic heterocycles. The van der Waals surface area contributed by atoms with Crippen molar-refractivity contribution < 1.29 is 72.3 Å². The second-order valence-electron chi connectivity index (χ2n) is 18.4. The number of likely N-dealkylation sites (N-methyl/N-ethyl adjacent to an activating group) is 2. The van der Waals surface area contributed by atoms with Gasteiger partial charge < -0.3 is 72.5 Å². The zero-order valence-corrected chi connectivity index (χ0v) is 38.9. The van der Waals surface area contributed by atoms with Gasteiger partial charge >= 0.3 is 11.9 Å². The van der Waals surface area contributed by atoms with Crippen LogP contribution in [0, 0.1) is 11.8 Å². The molecule has 2 unspecified atom stereocenters. The number of ether oxygens (including phenoxy) is 9. The van der Waals surface area contributed by atoms with E-state index >= 15 is 0 Å². The van der Waals surface area contributed by atoms with Gasteiger partial charge in [0.15, 0.2) is 18.9 Å². The number of esters is 2. The van der Waals surface area contributed by atoms with E-state index in [0.717, 1.165) is 12.7 Å². The highest BCUT2D eigenvalue weighted by atomic mass is 16.7. The number of hydrogen-bond donors (Lipinski definition) is 3. The van der Waals surface area contributed by atoms with E-state index in [1.807, 2.05) is 52.2 Å². The number of nitrogens with zero attached hydrogens (tertiary/aromatic N) is 2. The molecule has 0 saturated carbocycles. The molecule has 0 aromatic heterocycles. The number of rotatable bonds is 12. The lowest BCUT2D eigenvalue weighted by Crippen LogP contribution is -2.65. The number of aldehydes is 1. The largest absolute Gasteiger partial charge is 0.462 e. The highest BCUT2D eigenvalue weighted by Gasteiger charge is 2.52. The fourth-order valence-electron chi connectivity index (χ4n) is 9.40. The van der Waals surface area contributed by atoms with Gasteiger partial charge in [-0.1, -0.05) is 31.2 Å². The Morgan fingerprint density at radius 2 is 1.60 bits per heavy atom. The fraction of sp³-hybridized carbons (Fsp3) is 0.844. The molecular weight excluding hydrogens is 808 g/mol. The van der Waals surface area contributed by atoms with Crippen molar-refractivity contribution in [3.8, 4) is 0 Å². The van der Waals surface area contributed by atoms with Gasteiger partial charge in [0, 0.05) is 39.3 Å². The molecule has 17 heteroatoms. The molecule has 4 aliphatic rings. The second-order valence-corrected chi connectivity index (χ2v) is 18.4. The van der Waals surface area contributed by atoms with Crippen LogP contribution in [0.1, 0.15) is 93.4 Å². The zero-order valence-electron chi connectivity index (χ0n) is 38.9. The summed E-state index contributed by atoms with van der Waals surface area (Å²) in [5.74, 6) is -2.21. The molecule has 4 heterocycles. The topological polar surface area (TPSA) is 201 Å².